The lowest BCUT2D eigenvalue weighted by Crippen LogP contribution is -2.12. The Morgan fingerprint density at radius 1 is 1.05 bits per heavy atom. The van der Waals surface area contributed by atoms with Crippen LogP contribution in [0.2, 0.25) is 0 Å². The third kappa shape index (κ3) is 3.50. The van der Waals surface area contributed by atoms with Crippen molar-refractivity contribution in [2.75, 3.05) is 5.32 Å². The van der Waals surface area contributed by atoms with Crippen molar-refractivity contribution < 1.29 is 4.79 Å². The minimum Gasteiger partial charge on any atom is -0.326 e. The van der Waals surface area contributed by atoms with Crippen LogP contribution in [0, 0.1) is 6.92 Å². The second-order valence-electron chi connectivity index (χ2n) is 5.42. The lowest BCUT2D eigenvalue weighted by molar-refractivity contribution is -0.116. The van der Waals surface area contributed by atoms with Crippen LogP contribution in [0.25, 0.3) is 10.8 Å². The van der Waals surface area contributed by atoms with Crippen molar-refractivity contribution >= 4 is 22.4 Å². The molecule has 22 heavy (non-hydrogen) atoms. The average Bonchev–Trinajstić information content (AvgIpc) is 2.53. The van der Waals surface area contributed by atoms with Gasteiger partial charge in [-0.1, -0.05) is 42.5 Å². The lowest BCUT2D eigenvalue weighted by Gasteiger charge is -2.06. The number of benzene rings is 2. The van der Waals surface area contributed by atoms with E-state index in [1.807, 2.05) is 25.1 Å². The number of fused-ring (bicyclic) bond motifs is 1. The standard InChI is InChI=1S/C19H18N2O/c1-14-12-18(10-11-20-14)21-19(22)9-7-15-6-8-16-4-2-3-5-17(16)13-15/h2-6,8,10-13H,7,9H2,1H3,(H,20,21,22). The van der Waals surface area contributed by atoms with Crippen LogP contribution in [0.4, 0.5) is 5.69 Å². The Hall–Kier alpha value is -2.68. The second-order valence-corrected chi connectivity index (χ2v) is 5.42. The zero-order chi connectivity index (χ0) is 15.4. The third-order valence-corrected chi connectivity index (χ3v) is 3.64. The summed E-state index contributed by atoms with van der Waals surface area (Å²) in [6.45, 7) is 1.91. The summed E-state index contributed by atoms with van der Waals surface area (Å²) in [5.41, 5.74) is 2.88. The number of pyridine rings is 1. The van der Waals surface area contributed by atoms with E-state index in [9.17, 15) is 4.79 Å². The number of nitrogens with zero attached hydrogens (tertiary/aromatic N) is 1. The highest BCUT2D eigenvalue weighted by atomic mass is 16.1. The van der Waals surface area contributed by atoms with Gasteiger partial charge in [-0.25, -0.2) is 0 Å². The van der Waals surface area contributed by atoms with Crippen LogP contribution in [0.1, 0.15) is 17.7 Å². The smallest absolute Gasteiger partial charge is 0.224 e. The number of nitrogens with one attached hydrogen (secondary N) is 1. The van der Waals surface area contributed by atoms with Crippen LogP contribution in [-0.2, 0) is 11.2 Å². The fourth-order valence-corrected chi connectivity index (χ4v) is 2.50. The highest BCUT2D eigenvalue weighted by molar-refractivity contribution is 5.91. The summed E-state index contributed by atoms with van der Waals surface area (Å²) in [4.78, 5) is 16.1. The molecule has 0 aliphatic heterocycles. The van der Waals surface area contributed by atoms with Gasteiger partial charge >= 0.3 is 0 Å². The summed E-state index contributed by atoms with van der Waals surface area (Å²) < 4.78 is 0. The molecule has 3 aromatic rings. The van der Waals surface area contributed by atoms with Crippen LogP contribution in [0.5, 0.6) is 0 Å². The molecule has 110 valence electrons. The molecule has 3 nitrogen and oxygen atoms in total. The van der Waals surface area contributed by atoms with Gasteiger partial charge in [0.05, 0.1) is 0 Å². The number of hydrogen-bond donors (Lipinski definition) is 1. The number of carbonyl (C=O) groups excluding carboxylic acids is 1. The van der Waals surface area contributed by atoms with Crippen LogP contribution in [0.3, 0.4) is 0 Å². The molecule has 3 rings (SSSR count). The Kier molecular flexibility index (Phi) is 4.15. The van der Waals surface area contributed by atoms with Gasteiger partial charge in [-0.3, -0.25) is 9.78 Å². The van der Waals surface area contributed by atoms with E-state index in [-0.39, 0.29) is 5.91 Å². The van der Waals surface area contributed by atoms with Crippen molar-refractivity contribution in [2.45, 2.75) is 19.8 Å². The predicted octanol–water partition coefficient (Wildman–Crippen LogP) is 4.11. The fourth-order valence-electron chi connectivity index (χ4n) is 2.50. The van der Waals surface area contributed by atoms with Crippen molar-refractivity contribution in [1.82, 2.24) is 4.98 Å². The number of rotatable bonds is 4. The van der Waals surface area contributed by atoms with E-state index in [1.165, 1.54) is 16.3 Å². The molecule has 1 heterocycles. The van der Waals surface area contributed by atoms with Crippen molar-refractivity contribution in [3.05, 3.63) is 72.1 Å². The number of aromatic nitrogens is 1. The van der Waals surface area contributed by atoms with Crippen molar-refractivity contribution in [2.24, 2.45) is 0 Å². The molecule has 1 N–H and O–H groups in total. The van der Waals surface area contributed by atoms with Gasteiger partial charge in [-0.15, -0.1) is 0 Å². The molecule has 0 atom stereocenters. The molecule has 1 amide bonds. The molecule has 0 saturated carbocycles. The fraction of sp³-hybridized carbons (Fsp3) is 0.158. The van der Waals surface area contributed by atoms with Gasteiger partial charge < -0.3 is 5.32 Å². The first-order valence-corrected chi connectivity index (χ1v) is 7.41. The maximum atomic E-state index is 12.0. The number of anilines is 1. The van der Waals surface area contributed by atoms with Crippen LogP contribution < -0.4 is 5.32 Å². The van der Waals surface area contributed by atoms with Crippen LogP contribution >= 0.6 is 0 Å². The molecule has 0 fully saturated rings. The summed E-state index contributed by atoms with van der Waals surface area (Å²) in [7, 11) is 0. The predicted molar refractivity (Wildman–Crippen MR) is 89.9 cm³/mol. The van der Waals surface area contributed by atoms with Gasteiger partial charge in [0, 0.05) is 24.0 Å². The third-order valence-electron chi connectivity index (χ3n) is 3.64. The van der Waals surface area contributed by atoms with Crippen molar-refractivity contribution in [3.63, 3.8) is 0 Å². The minimum absolute atomic E-state index is 0.0266. The van der Waals surface area contributed by atoms with Gasteiger partial charge in [0.1, 0.15) is 0 Å². The second kappa shape index (κ2) is 6.39. The van der Waals surface area contributed by atoms with Gasteiger partial charge in [0.15, 0.2) is 0 Å². The Balaban J connectivity index is 1.62. The van der Waals surface area contributed by atoms with Crippen LogP contribution in [-0.4, -0.2) is 10.9 Å². The Labute approximate surface area is 130 Å². The van der Waals surface area contributed by atoms with E-state index in [4.69, 9.17) is 0 Å². The SMILES string of the molecule is Cc1cc(NC(=O)CCc2ccc3ccccc3c2)ccn1. The molecule has 0 unspecified atom stereocenters. The molecular weight excluding hydrogens is 272 g/mol. The highest BCUT2D eigenvalue weighted by Crippen LogP contribution is 2.17. The van der Waals surface area contributed by atoms with Gasteiger partial charge in [0.2, 0.25) is 5.91 Å². The van der Waals surface area contributed by atoms with Crippen molar-refractivity contribution in [3.8, 4) is 0 Å². The molecule has 2 aromatic carbocycles. The Morgan fingerprint density at radius 2 is 1.86 bits per heavy atom. The number of carbonyl (C=O) groups is 1. The monoisotopic (exact) mass is 290 g/mol. The summed E-state index contributed by atoms with van der Waals surface area (Å²) in [5.74, 6) is 0.0266. The molecular formula is C19H18N2O. The zero-order valence-electron chi connectivity index (χ0n) is 12.5. The first kappa shape index (κ1) is 14.3. The number of hydrogen-bond acceptors (Lipinski definition) is 2. The molecule has 0 radical (unpaired) electrons. The number of amides is 1. The zero-order valence-corrected chi connectivity index (χ0v) is 12.5. The molecule has 0 aliphatic carbocycles. The Morgan fingerprint density at radius 3 is 2.68 bits per heavy atom. The first-order valence-electron chi connectivity index (χ1n) is 7.41. The van der Waals surface area contributed by atoms with E-state index in [0.717, 1.165) is 17.8 Å². The minimum atomic E-state index is 0.0266. The molecule has 3 heteroatoms. The first-order chi connectivity index (χ1) is 10.7. The number of aryl methyl sites for hydroxylation is 2. The summed E-state index contributed by atoms with van der Waals surface area (Å²) in [5, 5.41) is 5.35. The van der Waals surface area contributed by atoms with E-state index in [1.54, 1.807) is 12.3 Å². The van der Waals surface area contributed by atoms with Gasteiger partial charge in [0.25, 0.3) is 0 Å². The van der Waals surface area contributed by atoms with Crippen LogP contribution in [0.15, 0.2) is 60.8 Å². The van der Waals surface area contributed by atoms with E-state index < -0.39 is 0 Å². The van der Waals surface area contributed by atoms with Gasteiger partial charge in [-0.2, -0.15) is 0 Å². The quantitative estimate of drug-likeness (QED) is 0.785. The summed E-state index contributed by atoms with van der Waals surface area (Å²) in [6.07, 6.45) is 2.91. The lowest BCUT2D eigenvalue weighted by atomic mass is 10.0. The Bertz CT molecular complexity index is 811. The normalized spacial score (nSPS) is 10.6. The summed E-state index contributed by atoms with van der Waals surface area (Å²) in [6, 6.07) is 18.3. The maximum absolute atomic E-state index is 12.0. The summed E-state index contributed by atoms with van der Waals surface area (Å²) >= 11 is 0. The van der Waals surface area contributed by atoms with E-state index in [2.05, 4.69) is 40.6 Å². The molecule has 0 aliphatic rings. The molecule has 0 bridgehead atoms. The van der Waals surface area contributed by atoms with E-state index in [0.29, 0.717) is 6.42 Å². The van der Waals surface area contributed by atoms with E-state index >= 15 is 0 Å². The maximum Gasteiger partial charge on any atom is 0.224 e. The molecule has 0 spiro atoms. The average molecular weight is 290 g/mol. The van der Waals surface area contributed by atoms with Gasteiger partial charge in [-0.05, 0) is 41.8 Å². The van der Waals surface area contributed by atoms with Crippen molar-refractivity contribution in [1.29, 1.82) is 0 Å². The highest BCUT2D eigenvalue weighted by Gasteiger charge is 2.04. The molecule has 0 saturated heterocycles. The largest absolute Gasteiger partial charge is 0.326 e. The molecule has 1 aromatic heterocycles. The topological polar surface area (TPSA) is 42.0 Å².